The van der Waals surface area contributed by atoms with E-state index in [4.69, 9.17) is 0 Å². The van der Waals surface area contributed by atoms with Crippen LogP contribution in [-0.4, -0.2) is 37.4 Å². The Balaban J connectivity index is 2.29. The van der Waals surface area contributed by atoms with Gasteiger partial charge in [0.05, 0.1) is 0 Å². The molecule has 0 atom stereocenters. The van der Waals surface area contributed by atoms with Crippen LogP contribution in [0.2, 0.25) is 0 Å². The van der Waals surface area contributed by atoms with Crippen molar-refractivity contribution in [3.05, 3.63) is 43.8 Å². The van der Waals surface area contributed by atoms with E-state index in [9.17, 15) is 9.59 Å². The highest BCUT2D eigenvalue weighted by Gasteiger charge is 2.17. The molecule has 0 amide bonds. The number of pyridine rings is 1. The maximum atomic E-state index is 12.6. The van der Waals surface area contributed by atoms with Crippen LogP contribution >= 0.6 is 15.9 Å². The summed E-state index contributed by atoms with van der Waals surface area (Å²) in [4.78, 5) is 36.6. The van der Waals surface area contributed by atoms with Crippen LogP contribution < -0.4 is 22.1 Å². The fourth-order valence-electron chi connectivity index (χ4n) is 2.32. The SMILES string of the molecule is CCNn1c(=O)c2[nH]c(-c3ccc(Br)nc3)nc2n(NCC)c1=O. The summed E-state index contributed by atoms with van der Waals surface area (Å²) in [5, 5.41) is 0. The van der Waals surface area contributed by atoms with Gasteiger partial charge in [-0.25, -0.2) is 14.8 Å². The quantitative estimate of drug-likeness (QED) is 0.554. The highest BCUT2D eigenvalue weighted by Crippen LogP contribution is 2.18. The van der Waals surface area contributed by atoms with Crippen LogP contribution in [0.5, 0.6) is 0 Å². The Labute approximate surface area is 144 Å². The normalized spacial score (nSPS) is 11.0. The summed E-state index contributed by atoms with van der Waals surface area (Å²) >= 11 is 3.27. The van der Waals surface area contributed by atoms with Gasteiger partial charge in [-0.05, 0) is 41.9 Å². The summed E-state index contributed by atoms with van der Waals surface area (Å²) in [7, 11) is 0. The first-order chi connectivity index (χ1) is 11.6. The smallest absolute Gasteiger partial charge is 0.332 e. The zero-order chi connectivity index (χ0) is 17.3. The summed E-state index contributed by atoms with van der Waals surface area (Å²) in [5.74, 6) is 0.461. The van der Waals surface area contributed by atoms with Crippen molar-refractivity contribution in [1.29, 1.82) is 0 Å². The van der Waals surface area contributed by atoms with Gasteiger partial charge >= 0.3 is 11.2 Å². The van der Waals surface area contributed by atoms with Crippen LogP contribution in [0.3, 0.4) is 0 Å². The fraction of sp³-hybridized carbons (Fsp3) is 0.286. The summed E-state index contributed by atoms with van der Waals surface area (Å²) < 4.78 is 2.92. The zero-order valence-corrected chi connectivity index (χ0v) is 14.7. The van der Waals surface area contributed by atoms with Gasteiger partial charge in [0.15, 0.2) is 11.2 Å². The average Bonchev–Trinajstić information content (AvgIpc) is 3.01. The molecule has 0 aliphatic rings. The van der Waals surface area contributed by atoms with E-state index in [1.54, 1.807) is 19.2 Å². The van der Waals surface area contributed by atoms with E-state index < -0.39 is 11.2 Å². The molecule has 0 unspecified atom stereocenters. The van der Waals surface area contributed by atoms with E-state index in [0.717, 1.165) is 4.68 Å². The van der Waals surface area contributed by atoms with Gasteiger partial charge in [-0.2, -0.15) is 9.35 Å². The minimum Gasteiger partial charge on any atom is -0.332 e. The number of fused-ring (bicyclic) bond motifs is 1. The Morgan fingerprint density at radius 2 is 1.88 bits per heavy atom. The molecule has 24 heavy (non-hydrogen) atoms. The van der Waals surface area contributed by atoms with Gasteiger partial charge in [0.25, 0.3) is 0 Å². The molecule has 0 aliphatic carbocycles. The Morgan fingerprint density at radius 3 is 2.50 bits per heavy atom. The lowest BCUT2D eigenvalue weighted by atomic mass is 10.3. The Hall–Kier alpha value is -2.62. The predicted octanol–water partition coefficient (Wildman–Crippen LogP) is 0.838. The number of nitrogens with zero attached hydrogens (tertiary/aromatic N) is 4. The summed E-state index contributed by atoms with van der Waals surface area (Å²) in [6.45, 7) is 4.60. The lowest BCUT2D eigenvalue weighted by Gasteiger charge is -2.11. The lowest BCUT2D eigenvalue weighted by molar-refractivity contribution is 0.694. The number of halogens is 1. The number of rotatable bonds is 5. The number of hydrogen-bond donors (Lipinski definition) is 3. The Kier molecular flexibility index (Phi) is 4.38. The monoisotopic (exact) mass is 393 g/mol. The minimum atomic E-state index is -0.525. The van der Waals surface area contributed by atoms with Gasteiger partial charge in [-0.1, -0.05) is 0 Å². The summed E-state index contributed by atoms with van der Waals surface area (Å²) in [5.41, 5.74) is 5.86. The van der Waals surface area contributed by atoms with Crippen molar-refractivity contribution >= 4 is 27.1 Å². The first-order valence-corrected chi connectivity index (χ1v) is 8.23. The second kappa shape index (κ2) is 6.48. The third-order valence-electron chi connectivity index (χ3n) is 3.33. The molecular formula is C14H16BrN7O2. The molecule has 3 N–H and O–H groups in total. The molecule has 3 aromatic rings. The van der Waals surface area contributed by atoms with Crippen molar-refractivity contribution in [3.8, 4) is 11.4 Å². The number of aromatic amines is 1. The van der Waals surface area contributed by atoms with Crippen LogP contribution in [0.25, 0.3) is 22.6 Å². The van der Waals surface area contributed by atoms with Crippen molar-refractivity contribution in [3.63, 3.8) is 0 Å². The van der Waals surface area contributed by atoms with E-state index in [1.165, 1.54) is 4.68 Å². The first kappa shape index (κ1) is 16.2. The van der Waals surface area contributed by atoms with Crippen molar-refractivity contribution in [2.45, 2.75) is 13.8 Å². The topological polar surface area (TPSA) is 110 Å². The molecule has 3 aromatic heterocycles. The highest BCUT2D eigenvalue weighted by molar-refractivity contribution is 9.10. The van der Waals surface area contributed by atoms with Crippen LogP contribution in [0.1, 0.15) is 13.8 Å². The molecule has 126 valence electrons. The molecule has 0 fully saturated rings. The second-order valence-electron chi connectivity index (χ2n) is 4.94. The van der Waals surface area contributed by atoms with Crippen LogP contribution in [-0.2, 0) is 0 Å². The molecule has 0 saturated carbocycles. The van der Waals surface area contributed by atoms with E-state index in [0.29, 0.717) is 29.1 Å². The molecule has 3 rings (SSSR count). The number of hydrogen-bond acceptors (Lipinski definition) is 6. The molecule has 9 nitrogen and oxygen atoms in total. The molecule has 10 heteroatoms. The first-order valence-electron chi connectivity index (χ1n) is 7.44. The van der Waals surface area contributed by atoms with Gasteiger partial charge in [-0.15, -0.1) is 0 Å². The van der Waals surface area contributed by atoms with E-state index in [2.05, 4.69) is 41.7 Å². The van der Waals surface area contributed by atoms with Crippen LogP contribution in [0.15, 0.2) is 32.5 Å². The standard InChI is InChI=1S/C14H16BrN7O2/c1-3-17-21-12-10(13(23)22(14(21)24)18-4-2)19-11(20-12)8-5-6-9(15)16-7-8/h5-7,17-18H,3-4H2,1-2H3,(H,19,20). The maximum absolute atomic E-state index is 12.6. The lowest BCUT2D eigenvalue weighted by Crippen LogP contribution is -2.47. The molecule has 0 bridgehead atoms. The van der Waals surface area contributed by atoms with Crippen molar-refractivity contribution in [2.24, 2.45) is 0 Å². The van der Waals surface area contributed by atoms with Gasteiger partial charge in [0.1, 0.15) is 10.4 Å². The number of nitrogens with one attached hydrogen (secondary N) is 3. The summed E-state index contributed by atoms with van der Waals surface area (Å²) in [6, 6.07) is 3.59. The fourth-order valence-corrected chi connectivity index (χ4v) is 2.55. The molecular weight excluding hydrogens is 378 g/mol. The predicted molar refractivity (Wildman–Crippen MR) is 95.3 cm³/mol. The van der Waals surface area contributed by atoms with Crippen molar-refractivity contribution in [1.82, 2.24) is 24.3 Å². The number of imidazole rings is 1. The van der Waals surface area contributed by atoms with E-state index in [1.807, 2.05) is 13.0 Å². The Morgan fingerprint density at radius 1 is 1.17 bits per heavy atom. The summed E-state index contributed by atoms with van der Waals surface area (Å²) in [6.07, 6.45) is 1.63. The third-order valence-corrected chi connectivity index (χ3v) is 3.80. The van der Waals surface area contributed by atoms with Gasteiger partial charge < -0.3 is 15.8 Å². The van der Waals surface area contributed by atoms with Crippen molar-refractivity contribution in [2.75, 3.05) is 23.9 Å². The average molecular weight is 394 g/mol. The van der Waals surface area contributed by atoms with E-state index in [-0.39, 0.29) is 11.2 Å². The third kappa shape index (κ3) is 2.68. The molecule has 3 heterocycles. The molecule has 0 aromatic carbocycles. The van der Waals surface area contributed by atoms with Gasteiger partial charge in [0.2, 0.25) is 0 Å². The maximum Gasteiger partial charge on any atom is 0.370 e. The molecule has 0 aliphatic heterocycles. The largest absolute Gasteiger partial charge is 0.370 e. The highest BCUT2D eigenvalue weighted by atomic mass is 79.9. The minimum absolute atomic E-state index is 0.231. The molecule has 0 spiro atoms. The number of aromatic nitrogens is 5. The van der Waals surface area contributed by atoms with Crippen LogP contribution in [0, 0.1) is 0 Å². The zero-order valence-electron chi connectivity index (χ0n) is 13.1. The Bertz CT molecular complexity index is 987. The second-order valence-corrected chi connectivity index (χ2v) is 5.75. The van der Waals surface area contributed by atoms with Crippen molar-refractivity contribution < 1.29 is 0 Å². The van der Waals surface area contributed by atoms with Gasteiger partial charge in [0, 0.05) is 24.8 Å². The number of H-pyrrole nitrogens is 1. The van der Waals surface area contributed by atoms with Gasteiger partial charge in [-0.3, -0.25) is 4.79 Å². The van der Waals surface area contributed by atoms with Crippen LogP contribution in [0.4, 0.5) is 0 Å². The molecule has 0 saturated heterocycles. The molecule has 0 radical (unpaired) electrons. The van der Waals surface area contributed by atoms with E-state index >= 15 is 0 Å².